The number of para-hydroxylation sites is 1. The highest BCUT2D eigenvalue weighted by Gasteiger charge is 2.36. The van der Waals surface area contributed by atoms with Crippen LogP contribution in [0.2, 0.25) is 0 Å². The minimum absolute atomic E-state index is 0.198. The van der Waals surface area contributed by atoms with Crippen LogP contribution < -0.4 is 15.5 Å². The van der Waals surface area contributed by atoms with E-state index in [4.69, 9.17) is 14.5 Å². The maximum Gasteiger partial charge on any atom is 0.302 e. The second-order valence-corrected chi connectivity index (χ2v) is 8.63. The molecule has 8 heteroatoms. The minimum Gasteiger partial charge on any atom is -0.457 e. The number of carbonyl (C=O) groups excluding carboxylic acids is 1. The van der Waals surface area contributed by atoms with Crippen molar-refractivity contribution >= 4 is 18.7 Å². The number of rotatable bonds is 5. The molecule has 0 aliphatic carbocycles. The molecule has 1 atom stereocenters. The van der Waals surface area contributed by atoms with Gasteiger partial charge in [0.25, 0.3) is 5.91 Å². The number of benzene rings is 2. The average molecular weight is 390 g/mol. The first-order valence-electron chi connectivity index (χ1n) is 8.88. The van der Waals surface area contributed by atoms with E-state index in [2.05, 4.69) is 0 Å². The summed E-state index contributed by atoms with van der Waals surface area (Å²) in [6, 6.07) is 16.2. The highest BCUT2D eigenvalue weighted by molar-refractivity contribution is 7.64. The SMILES string of the molecule is O=C(CN1CCCCCOP1(=O)c1ccc(Oc2ccccc2)cc1)NO. The van der Waals surface area contributed by atoms with Crippen LogP contribution in [0.25, 0.3) is 0 Å². The summed E-state index contributed by atoms with van der Waals surface area (Å²) in [4.78, 5) is 11.7. The summed E-state index contributed by atoms with van der Waals surface area (Å²) in [6.45, 7) is 0.611. The Labute approximate surface area is 158 Å². The van der Waals surface area contributed by atoms with Crippen molar-refractivity contribution in [3.05, 3.63) is 54.6 Å². The number of hydroxylamine groups is 1. The monoisotopic (exact) mass is 390 g/mol. The van der Waals surface area contributed by atoms with Crippen LogP contribution in [0.3, 0.4) is 0 Å². The molecule has 0 spiro atoms. The molecule has 2 aromatic carbocycles. The molecule has 1 unspecified atom stereocenters. The van der Waals surface area contributed by atoms with E-state index in [1.165, 1.54) is 4.67 Å². The van der Waals surface area contributed by atoms with Crippen LogP contribution in [-0.4, -0.2) is 35.5 Å². The van der Waals surface area contributed by atoms with Gasteiger partial charge in [-0.1, -0.05) is 18.2 Å². The predicted molar refractivity (Wildman–Crippen MR) is 102 cm³/mol. The van der Waals surface area contributed by atoms with Crippen molar-refractivity contribution in [3.63, 3.8) is 0 Å². The lowest BCUT2D eigenvalue weighted by molar-refractivity contribution is -0.129. The van der Waals surface area contributed by atoms with Crippen LogP contribution >= 0.6 is 7.52 Å². The number of nitrogens with zero attached hydrogens (tertiary/aromatic N) is 1. The summed E-state index contributed by atoms with van der Waals surface area (Å²) < 4.78 is 26.7. The minimum atomic E-state index is -3.41. The Hall–Kier alpha value is -2.18. The summed E-state index contributed by atoms with van der Waals surface area (Å²) in [7, 11) is -3.41. The first kappa shape index (κ1) is 19.6. The second-order valence-electron chi connectivity index (χ2n) is 6.25. The number of amides is 1. The third-order valence-electron chi connectivity index (χ3n) is 4.29. The molecule has 1 aliphatic rings. The maximum absolute atomic E-state index is 13.7. The summed E-state index contributed by atoms with van der Waals surface area (Å²) in [5.41, 5.74) is 1.60. The molecule has 1 saturated heterocycles. The number of carbonyl (C=O) groups is 1. The molecular formula is C19H23N2O5P. The number of nitrogens with one attached hydrogen (secondary N) is 1. The molecule has 7 nitrogen and oxygen atoms in total. The molecule has 0 radical (unpaired) electrons. The summed E-state index contributed by atoms with van der Waals surface area (Å²) in [5.74, 6) is 0.701. The van der Waals surface area contributed by atoms with Gasteiger partial charge in [0.05, 0.1) is 18.5 Å². The van der Waals surface area contributed by atoms with Crippen molar-refractivity contribution in [1.82, 2.24) is 10.2 Å². The smallest absolute Gasteiger partial charge is 0.302 e. The van der Waals surface area contributed by atoms with Gasteiger partial charge in [0.15, 0.2) is 0 Å². The van der Waals surface area contributed by atoms with Crippen molar-refractivity contribution < 1.29 is 23.8 Å². The van der Waals surface area contributed by atoms with Gasteiger partial charge in [-0.25, -0.2) is 10.2 Å². The van der Waals surface area contributed by atoms with Gasteiger partial charge in [-0.05, 0) is 55.7 Å². The lowest BCUT2D eigenvalue weighted by Gasteiger charge is -2.32. The van der Waals surface area contributed by atoms with Crippen LogP contribution in [0, 0.1) is 0 Å². The molecule has 27 heavy (non-hydrogen) atoms. The Balaban J connectivity index is 1.83. The zero-order valence-corrected chi connectivity index (χ0v) is 15.8. The third-order valence-corrected chi connectivity index (χ3v) is 6.86. The zero-order chi connectivity index (χ0) is 19.1. The Bertz CT molecular complexity index is 798. The highest BCUT2D eigenvalue weighted by Crippen LogP contribution is 2.50. The van der Waals surface area contributed by atoms with Gasteiger partial charge in [-0.15, -0.1) is 0 Å². The molecule has 1 aliphatic heterocycles. The van der Waals surface area contributed by atoms with Crippen molar-refractivity contribution in [1.29, 1.82) is 0 Å². The van der Waals surface area contributed by atoms with Gasteiger partial charge >= 0.3 is 7.52 Å². The van der Waals surface area contributed by atoms with Crippen molar-refractivity contribution in [2.75, 3.05) is 19.7 Å². The summed E-state index contributed by atoms with van der Waals surface area (Å²) >= 11 is 0. The molecule has 0 saturated carbocycles. The summed E-state index contributed by atoms with van der Waals surface area (Å²) in [6.07, 6.45) is 2.56. The van der Waals surface area contributed by atoms with Crippen molar-refractivity contribution in [2.24, 2.45) is 0 Å². The van der Waals surface area contributed by atoms with Crippen LogP contribution in [0.4, 0.5) is 0 Å². The lowest BCUT2D eigenvalue weighted by atomic mass is 10.2. The fraction of sp³-hybridized carbons (Fsp3) is 0.316. The van der Waals surface area contributed by atoms with Crippen LogP contribution in [-0.2, 0) is 13.9 Å². The molecule has 144 valence electrons. The zero-order valence-electron chi connectivity index (χ0n) is 14.9. The van der Waals surface area contributed by atoms with Crippen molar-refractivity contribution in [2.45, 2.75) is 19.3 Å². The van der Waals surface area contributed by atoms with E-state index in [0.29, 0.717) is 30.0 Å². The van der Waals surface area contributed by atoms with Crippen LogP contribution in [0.1, 0.15) is 19.3 Å². The van der Waals surface area contributed by atoms with E-state index in [0.717, 1.165) is 19.3 Å². The fourth-order valence-corrected chi connectivity index (χ4v) is 5.17. The van der Waals surface area contributed by atoms with E-state index < -0.39 is 13.4 Å². The molecule has 0 aromatic heterocycles. The van der Waals surface area contributed by atoms with Gasteiger partial charge in [-0.2, -0.15) is 0 Å². The van der Waals surface area contributed by atoms with E-state index in [-0.39, 0.29) is 6.54 Å². The lowest BCUT2D eigenvalue weighted by Crippen LogP contribution is -2.38. The number of hydrogen-bond donors (Lipinski definition) is 2. The first-order valence-corrected chi connectivity index (χ1v) is 10.5. The molecule has 2 N–H and O–H groups in total. The quantitative estimate of drug-likeness (QED) is 0.463. The number of hydrogen-bond acceptors (Lipinski definition) is 5. The van der Waals surface area contributed by atoms with Gasteiger partial charge in [0.2, 0.25) is 0 Å². The molecule has 3 rings (SSSR count). The van der Waals surface area contributed by atoms with E-state index in [1.807, 2.05) is 30.3 Å². The largest absolute Gasteiger partial charge is 0.457 e. The Morgan fingerprint density at radius 3 is 2.48 bits per heavy atom. The van der Waals surface area contributed by atoms with Gasteiger partial charge in [0, 0.05) is 6.54 Å². The average Bonchev–Trinajstić information content (AvgIpc) is 2.69. The maximum atomic E-state index is 13.7. The van der Waals surface area contributed by atoms with Gasteiger partial charge < -0.3 is 9.26 Å². The van der Waals surface area contributed by atoms with E-state index in [9.17, 15) is 9.36 Å². The Morgan fingerprint density at radius 1 is 1.07 bits per heavy atom. The molecule has 1 amide bonds. The van der Waals surface area contributed by atoms with E-state index >= 15 is 0 Å². The van der Waals surface area contributed by atoms with Crippen LogP contribution in [0.5, 0.6) is 11.5 Å². The van der Waals surface area contributed by atoms with Crippen molar-refractivity contribution in [3.8, 4) is 11.5 Å². The predicted octanol–water partition coefficient (Wildman–Crippen LogP) is 3.31. The van der Waals surface area contributed by atoms with Gasteiger partial charge in [-0.3, -0.25) is 14.6 Å². The molecule has 1 fully saturated rings. The molecular weight excluding hydrogens is 367 g/mol. The topological polar surface area (TPSA) is 88.1 Å². The first-order chi connectivity index (χ1) is 13.1. The Morgan fingerprint density at radius 2 is 1.78 bits per heavy atom. The standard InChI is InChI=1S/C19H23N2O5P/c22-19(20-23)15-21-13-5-2-6-14-25-27(21,24)18-11-9-17(10-12-18)26-16-7-3-1-4-8-16/h1,3-4,7-12,23H,2,5-6,13-15H2,(H,20,22). The molecule has 2 aromatic rings. The fourth-order valence-electron chi connectivity index (χ4n) is 2.91. The highest BCUT2D eigenvalue weighted by atomic mass is 31.2. The molecule has 1 heterocycles. The Kier molecular flexibility index (Phi) is 6.63. The van der Waals surface area contributed by atoms with Crippen LogP contribution in [0.15, 0.2) is 54.6 Å². The summed E-state index contributed by atoms with van der Waals surface area (Å²) in [5, 5.41) is 9.33. The molecule has 0 bridgehead atoms. The van der Waals surface area contributed by atoms with E-state index in [1.54, 1.807) is 29.7 Å². The number of ether oxygens (including phenoxy) is 1. The second kappa shape index (κ2) is 9.15. The third kappa shape index (κ3) is 4.96. The normalized spacial score (nSPS) is 21.1. The van der Waals surface area contributed by atoms with Gasteiger partial charge in [0.1, 0.15) is 11.5 Å².